The van der Waals surface area contributed by atoms with Gasteiger partial charge in [-0.3, -0.25) is 0 Å². The third-order valence-electron chi connectivity index (χ3n) is 5.43. The van der Waals surface area contributed by atoms with Crippen molar-refractivity contribution in [2.45, 2.75) is 75.4 Å². The van der Waals surface area contributed by atoms with Gasteiger partial charge in [0.1, 0.15) is 0 Å². The molecule has 0 aliphatic carbocycles. The monoisotopic (exact) mass is 416 g/mol. The van der Waals surface area contributed by atoms with Gasteiger partial charge in [-0.25, -0.2) is 8.42 Å². The molecule has 3 rings (SSSR count). The molecule has 0 N–H and O–H groups in total. The molecule has 0 unspecified atom stereocenters. The molecular weight excluding hydrogens is 384 g/mol. The lowest BCUT2D eigenvalue weighted by molar-refractivity contribution is -0.0948. The first-order chi connectivity index (χ1) is 14.0. The number of unbranched alkanes of at least 4 members (excludes halogenated alkanes) is 5. The minimum atomic E-state index is -3.20. The summed E-state index contributed by atoms with van der Waals surface area (Å²) in [5.41, 5.74) is 0. The predicted molar refractivity (Wildman–Crippen MR) is 116 cm³/mol. The Balaban J connectivity index is 1.50. The van der Waals surface area contributed by atoms with E-state index in [4.69, 9.17) is 9.47 Å². The fraction of sp³-hybridized carbons (Fsp3) is 0.500. The van der Waals surface area contributed by atoms with Crippen LogP contribution in [0.25, 0.3) is 0 Å². The second kappa shape index (κ2) is 10.1. The van der Waals surface area contributed by atoms with Crippen LogP contribution in [-0.2, 0) is 9.84 Å². The molecule has 0 amide bonds. The summed E-state index contributed by atoms with van der Waals surface area (Å²) in [4.78, 5) is 0.408. The molecule has 29 heavy (non-hydrogen) atoms. The normalized spacial score (nSPS) is 14.8. The Hall–Kier alpha value is -2.01. The van der Waals surface area contributed by atoms with Gasteiger partial charge in [0.25, 0.3) is 5.79 Å². The van der Waals surface area contributed by atoms with Crippen LogP contribution in [0.5, 0.6) is 11.5 Å². The number of hydrogen-bond acceptors (Lipinski definition) is 4. The van der Waals surface area contributed by atoms with Gasteiger partial charge in [0, 0.05) is 12.8 Å². The van der Waals surface area contributed by atoms with Gasteiger partial charge in [0.15, 0.2) is 21.3 Å². The maximum atomic E-state index is 12.4. The molecule has 2 aromatic carbocycles. The van der Waals surface area contributed by atoms with Crippen LogP contribution in [0.1, 0.15) is 64.7 Å². The molecular formula is C24H32O4S. The zero-order valence-corrected chi connectivity index (χ0v) is 18.1. The molecule has 0 saturated carbocycles. The second-order valence-corrected chi connectivity index (χ2v) is 9.92. The van der Waals surface area contributed by atoms with E-state index in [1.165, 1.54) is 19.3 Å². The summed E-state index contributed by atoms with van der Waals surface area (Å²) in [5, 5.41) is 0. The van der Waals surface area contributed by atoms with E-state index in [0.29, 0.717) is 11.3 Å². The smallest absolute Gasteiger partial charge is 0.251 e. The van der Waals surface area contributed by atoms with Crippen molar-refractivity contribution >= 4 is 9.84 Å². The Morgan fingerprint density at radius 2 is 1.28 bits per heavy atom. The van der Waals surface area contributed by atoms with Crippen molar-refractivity contribution in [3.63, 3.8) is 0 Å². The van der Waals surface area contributed by atoms with Crippen LogP contribution in [0, 0.1) is 0 Å². The molecule has 4 nitrogen and oxygen atoms in total. The standard InChI is InChI=1S/C24H32O4S/c1-2-3-4-11-18-24(27-22-16-9-10-17-23(22)28-24)19-12-6-13-20-29(25,26)21-14-7-5-8-15-21/h5,7-10,14-17H,2-4,6,11-13,18-20H2,1H3. The van der Waals surface area contributed by atoms with Crippen LogP contribution in [-0.4, -0.2) is 20.0 Å². The summed E-state index contributed by atoms with van der Waals surface area (Å²) in [6.07, 6.45) is 8.68. The number of rotatable bonds is 12. The minimum Gasteiger partial charge on any atom is -0.448 e. The molecule has 1 heterocycles. The SMILES string of the molecule is CCCCCCC1(CCCCCS(=O)(=O)c2ccccc2)Oc2ccccc2O1. The van der Waals surface area contributed by atoms with Crippen LogP contribution in [0.15, 0.2) is 59.5 Å². The predicted octanol–water partition coefficient (Wildman–Crippen LogP) is 6.16. The van der Waals surface area contributed by atoms with E-state index >= 15 is 0 Å². The van der Waals surface area contributed by atoms with Crippen molar-refractivity contribution in [1.29, 1.82) is 0 Å². The zero-order chi connectivity index (χ0) is 20.6. The molecule has 2 aromatic rings. The number of ether oxygens (including phenoxy) is 2. The van der Waals surface area contributed by atoms with E-state index in [1.807, 2.05) is 30.3 Å². The maximum absolute atomic E-state index is 12.4. The Morgan fingerprint density at radius 1 is 0.724 bits per heavy atom. The van der Waals surface area contributed by atoms with E-state index < -0.39 is 15.6 Å². The lowest BCUT2D eigenvalue weighted by atomic mass is 10.0. The number of para-hydroxylation sites is 2. The number of sulfone groups is 1. The van der Waals surface area contributed by atoms with Crippen LogP contribution in [0.4, 0.5) is 0 Å². The highest BCUT2D eigenvalue weighted by molar-refractivity contribution is 7.91. The fourth-order valence-electron chi connectivity index (χ4n) is 3.80. The lowest BCUT2D eigenvalue weighted by Crippen LogP contribution is -2.38. The third kappa shape index (κ3) is 5.99. The van der Waals surface area contributed by atoms with Crippen molar-refractivity contribution in [3.8, 4) is 11.5 Å². The van der Waals surface area contributed by atoms with Gasteiger partial charge in [0.2, 0.25) is 0 Å². The quantitative estimate of drug-likeness (QED) is 0.389. The van der Waals surface area contributed by atoms with E-state index in [0.717, 1.165) is 43.6 Å². The van der Waals surface area contributed by atoms with Crippen molar-refractivity contribution in [1.82, 2.24) is 0 Å². The molecule has 0 spiro atoms. The first-order valence-electron chi connectivity index (χ1n) is 10.8. The van der Waals surface area contributed by atoms with Gasteiger partial charge in [-0.1, -0.05) is 62.9 Å². The van der Waals surface area contributed by atoms with Crippen LogP contribution >= 0.6 is 0 Å². The molecule has 0 atom stereocenters. The molecule has 0 radical (unpaired) electrons. The Morgan fingerprint density at radius 3 is 1.86 bits per heavy atom. The highest BCUT2D eigenvalue weighted by Gasteiger charge is 2.40. The largest absolute Gasteiger partial charge is 0.448 e. The van der Waals surface area contributed by atoms with E-state index in [-0.39, 0.29) is 5.75 Å². The number of hydrogen-bond donors (Lipinski definition) is 0. The van der Waals surface area contributed by atoms with Crippen molar-refractivity contribution in [3.05, 3.63) is 54.6 Å². The van der Waals surface area contributed by atoms with E-state index in [2.05, 4.69) is 6.92 Å². The third-order valence-corrected chi connectivity index (χ3v) is 7.24. The highest BCUT2D eigenvalue weighted by Crippen LogP contribution is 2.43. The van der Waals surface area contributed by atoms with Crippen LogP contribution in [0.2, 0.25) is 0 Å². The maximum Gasteiger partial charge on any atom is 0.251 e. The van der Waals surface area contributed by atoms with Gasteiger partial charge < -0.3 is 9.47 Å². The van der Waals surface area contributed by atoms with Crippen molar-refractivity contribution in [2.24, 2.45) is 0 Å². The van der Waals surface area contributed by atoms with E-state index in [9.17, 15) is 8.42 Å². The highest BCUT2D eigenvalue weighted by atomic mass is 32.2. The first kappa shape index (κ1) is 21.7. The summed E-state index contributed by atoms with van der Waals surface area (Å²) < 4.78 is 37.3. The zero-order valence-electron chi connectivity index (χ0n) is 17.3. The average Bonchev–Trinajstić information content (AvgIpc) is 3.10. The molecule has 1 aliphatic rings. The van der Waals surface area contributed by atoms with Gasteiger partial charge >= 0.3 is 0 Å². The summed E-state index contributed by atoms with van der Waals surface area (Å²) in [5.74, 6) is 1.21. The molecule has 1 aliphatic heterocycles. The first-order valence-corrected chi connectivity index (χ1v) is 12.4. The van der Waals surface area contributed by atoms with Gasteiger partial charge in [-0.15, -0.1) is 0 Å². The topological polar surface area (TPSA) is 52.6 Å². The van der Waals surface area contributed by atoms with Gasteiger partial charge in [0.05, 0.1) is 10.6 Å². The summed E-state index contributed by atoms with van der Waals surface area (Å²) in [6, 6.07) is 16.5. The lowest BCUT2D eigenvalue weighted by Gasteiger charge is -2.28. The summed E-state index contributed by atoms with van der Waals surface area (Å²) in [7, 11) is -3.20. The minimum absolute atomic E-state index is 0.183. The van der Waals surface area contributed by atoms with Crippen LogP contribution in [0.3, 0.4) is 0 Å². The van der Waals surface area contributed by atoms with E-state index in [1.54, 1.807) is 24.3 Å². The summed E-state index contributed by atoms with van der Waals surface area (Å²) >= 11 is 0. The molecule has 158 valence electrons. The van der Waals surface area contributed by atoms with Gasteiger partial charge in [-0.05, 0) is 43.5 Å². The average molecular weight is 417 g/mol. The van der Waals surface area contributed by atoms with Crippen molar-refractivity contribution < 1.29 is 17.9 Å². The molecule has 0 bridgehead atoms. The van der Waals surface area contributed by atoms with Crippen molar-refractivity contribution in [2.75, 3.05) is 5.75 Å². The number of benzene rings is 2. The van der Waals surface area contributed by atoms with Crippen LogP contribution < -0.4 is 9.47 Å². The molecule has 5 heteroatoms. The second-order valence-electron chi connectivity index (χ2n) is 7.81. The molecule has 0 saturated heterocycles. The Labute approximate surface area is 175 Å². The Kier molecular flexibility index (Phi) is 7.59. The molecule has 0 fully saturated rings. The molecule has 0 aromatic heterocycles. The fourth-order valence-corrected chi connectivity index (χ4v) is 5.19. The van der Waals surface area contributed by atoms with Gasteiger partial charge in [-0.2, -0.15) is 0 Å². The number of fused-ring (bicyclic) bond motifs is 1. The summed E-state index contributed by atoms with van der Waals surface area (Å²) in [6.45, 7) is 2.21. The Bertz CT molecular complexity index is 836.